The summed E-state index contributed by atoms with van der Waals surface area (Å²) in [6.07, 6.45) is 0. The first-order chi connectivity index (χ1) is 14.7. The summed E-state index contributed by atoms with van der Waals surface area (Å²) in [6.45, 7) is 7.37. The molecule has 0 aliphatic carbocycles. The molecule has 6 nitrogen and oxygen atoms in total. The van der Waals surface area contributed by atoms with Gasteiger partial charge in [-0.2, -0.15) is 0 Å². The molecule has 1 fully saturated rings. The second kappa shape index (κ2) is 9.66. The number of amides is 1. The van der Waals surface area contributed by atoms with Crippen LogP contribution in [-0.4, -0.2) is 58.6 Å². The van der Waals surface area contributed by atoms with Crippen LogP contribution in [0.25, 0.3) is 0 Å². The number of rotatable bonds is 6. The van der Waals surface area contributed by atoms with Gasteiger partial charge in [-0.3, -0.25) is 9.69 Å². The summed E-state index contributed by atoms with van der Waals surface area (Å²) in [6, 6.07) is 9.37. The molecule has 1 amide bonds. The predicted octanol–water partition coefficient (Wildman–Crippen LogP) is 3.99. The molecule has 2 atom stereocenters. The molecule has 2 unspecified atom stereocenters. The number of carboxylic acids is 1. The summed E-state index contributed by atoms with van der Waals surface area (Å²) >= 11 is 6.01. The number of nitrogens with zero attached hydrogens (tertiary/aromatic N) is 2. The Morgan fingerprint density at radius 2 is 1.84 bits per heavy atom. The number of aromatic carboxylic acids is 1. The Bertz CT molecular complexity index is 967. The monoisotopic (exact) mass is 448 g/mol. The summed E-state index contributed by atoms with van der Waals surface area (Å²) in [4.78, 5) is 28.3. The lowest BCUT2D eigenvalue weighted by Gasteiger charge is -2.44. The molecule has 3 rings (SSSR count). The maximum absolute atomic E-state index is 13.1. The van der Waals surface area contributed by atoms with Gasteiger partial charge in [0, 0.05) is 36.7 Å². The van der Waals surface area contributed by atoms with Gasteiger partial charge in [0.25, 0.3) is 5.91 Å². The molecule has 8 heteroatoms. The van der Waals surface area contributed by atoms with Gasteiger partial charge in [0.15, 0.2) is 6.61 Å². The number of halogens is 2. The SMILES string of the molecule is Cc1cc(OCC(=O)N2CC(C)N(Cc3ccc(F)cc3)CC2C)c(C(=O)O)cc1Cl. The van der Waals surface area contributed by atoms with E-state index in [1.807, 2.05) is 13.8 Å². The summed E-state index contributed by atoms with van der Waals surface area (Å²) < 4.78 is 18.7. The Kier molecular flexibility index (Phi) is 7.18. The van der Waals surface area contributed by atoms with E-state index in [0.717, 1.165) is 5.56 Å². The molecule has 2 aromatic rings. The minimum absolute atomic E-state index is 0.0429. The van der Waals surface area contributed by atoms with Gasteiger partial charge >= 0.3 is 5.97 Å². The molecule has 1 saturated heterocycles. The highest BCUT2D eigenvalue weighted by atomic mass is 35.5. The van der Waals surface area contributed by atoms with E-state index >= 15 is 0 Å². The maximum Gasteiger partial charge on any atom is 0.339 e. The zero-order chi connectivity index (χ0) is 22.7. The van der Waals surface area contributed by atoms with Crippen LogP contribution in [0.1, 0.15) is 35.3 Å². The molecule has 31 heavy (non-hydrogen) atoms. The molecule has 0 bridgehead atoms. The smallest absolute Gasteiger partial charge is 0.339 e. The van der Waals surface area contributed by atoms with Crippen LogP contribution in [0.4, 0.5) is 4.39 Å². The van der Waals surface area contributed by atoms with Crippen molar-refractivity contribution in [1.29, 1.82) is 0 Å². The summed E-state index contributed by atoms with van der Waals surface area (Å²) in [5, 5.41) is 9.71. The second-order valence-corrected chi connectivity index (χ2v) is 8.40. The number of carboxylic acid groups (broad SMARTS) is 1. The van der Waals surface area contributed by atoms with E-state index < -0.39 is 5.97 Å². The molecule has 0 spiro atoms. The largest absolute Gasteiger partial charge is 0.483 e. The first-order valence-corrected chi connectivity index (χ1v) is 10.5. The van der Waals surface area contributed by atoms with E-state index in [1.165, 1.54) is 24.3 Å². The quantitative estimate of drug-likeness (QED) is 0.723. The average molecular weight is 449 g/mol. The van der Waals surface area contributed by atoms with Gasteiger partial charge in [-0.25, -0.2) is 9.18 Å². The van der Waals surface area contributed by atoms with Gasteiger partial charge in [0.1, 0.15) is 17.1 Å². The van der Waals surface area contributed by atoms with Crippen molar-refractivity contribution in [2.24, 2.45) is 0 Å². The van der Waals surface area contributed by atoms with Gasteiger partial charge in [-0.15, -0.1) is 0 Å². The molecule has 1 N–H and O–H groups in total. The second-order valence-electron chi connectivity index (χ2n) is 7.99. The van der Waals surface area contributed by atoms with Crippen LogP contribution >= 0.6 is 11.6 Å². The molecular formula is C23H26ClFN2O4. The van der Waals surface area contributed by atoms with Gasteiger partial charge in [-0.1, -0.05) is 23.7 Å². The van der Waals surface area contributed by atoms with Crippen LogP contribution in [0.3, 0.4) is 0 Å². The molecule has 2 aromatic carbocycles. The van der Waals surface area contributed by atoms with Crippen LogP contribution < -0.4 is 4.74 Å². The first-order valence-electron chi connectivity index (χ1n) is 10.1. The molecule has 0 radical (unpaired) electrons. The third-order valence-corrected chi connectivity index (χ3v) is 5.98. The Labute approximate surface area is 186 Å². The third kappa shape index (κ3) is 5.54. The van der Waals surface area contributed by atoms with Crippen molar-refractivity contribution in [2.75, 3.05) is 19.7 Å². The fourth-order valence-electron chi connectivity index (χ4n) is 3.75. The topological polar surface area (TPSA) is 70.1 Å². The normalized spacial score (nSPS) is 19.3. The van der Waals surface area contributed by atoms with E-state index in [4.69, 9.17) is 16.3 Å². The van der Waals surface area contributed by atoms with Crippen molar-refractivity contribution in [3.8, 4) is 5.75 Å². The van der Waals surface area contributed by atoms with E-state index in [2.05, 4.69) is 4.90 Å². The lowest BCUT2D eigenvalue weighted by atomic mass is 10.1. The number of hydrogen-bond acceptors (Lipinski definition) is 4. The average Bonchev–Trinajstić information content (AvgIpc) is 2.72. The van der Waals surface area contributed by atoms with Crippen LogP contribution in [0.5, 0.6) is 5.75 Å². The minimum Gasteiger partial charge on any atom is -0.483 e. The Hall–Kier alpha value is -2.64. The number of piperazine rings is 1. The fourth-order valence-corrected chi connectivity index (χ4v) is 3.92. The number of carbonyl (C=O) groups excluding carboxylic acids is 1. The van der Waals surface area contributed by atoms with Crippen LogP contribution in [-0.2, 0) is 11.3 Å². The molecule has 1 heterocycles. The van der Waals surface area contributed by atoms with Crippen LogP contribution in [0.2, 0.25) is 5.02 Å². The predicted molar refractivity (Wildman–Crippen MR) is 116 cm³/mol. The Morgan fingerprint density at radius 1 is 1.16 bits per heavy atom. The van der Waals surface area contributed by atoms with Gasteiger partial charge in [-0.05, 0) is 56.2 Å². The summed E-state index contributed by atoms with van der Waals surface area (Å²) in [7, 11) is 0. The molecular weight excluding hydrogens is 423 g/mol. The van der Waals surface area contributed by atoms with E-state index in [-0.39, 0.29) is 41.7 Å². The number of hydrogen-bond donors (Lipinski definition) is 1. The number of carbonyl (C=O) groups is 2. The first kappa shape index (κ1) is 23.0. The van der Waals surface area contributed by atoms with Crippen LogP contribution in [0.15, 0.2) is 36.4 Å². The molecule has 0 saturated carbocycles. The molecule has 0 aromatic heterocycles. The maximum atomic E-state index is 13.1. The Balaban J connectivity index is 1.62. The van der Waals surface area contributed by atoms with Crippen molar-refractivity contribution in [3.05, 3.63) is 63.9 Å². The lowest BCUT2D eigenvalue weighted by Crippen LogP contribution is -2.58. The number of aryl methyl sites for hydroxylation is 1. The van der Waals surface area contributed by atoms with Crippen LogP contribution in [0, 0.1) is 12.7 Å². The molecule has 1 aliphatic heterocycles. The highest BCUT2D eigenvalue weighted by molar-refractivity contribution is 6.31. The molecule has 166 valence electrons. The van der Waals surface area contributed by atoms with E-state index in [9.17, 15) is 19.1 Å². The van der Waals surface area contributed by atoms with Crippen molar-refractivity contribution in [1.82, 2.24) is 9.80 Å². The van der Waals surface area contributed by atoms with Crippen molar-refractivity contribution in [3.63, 3.8) is 0 Å². The Morgan fingerprint density at radius 3 is 2.48 bits per heavy atom. The summed E-state index contributed by atoms with van der Waals surface area (Å²) in [5.41, 5.74) is 1.61. The number of benzene rings is 2. The molecule has 1 aliphatic rings. The zero-order valence-electron chi connectivity index (χ0n) is 17.8. The van der Waals surface area contributed by atoms with Gasteiger partial charge in [0.2, 0.25) is 0 Å². The minimum atomic E-state index is -1.17. The standard InChI is InChI=1S/C23H26ClFN2O4/c1-14-8-21(19(23(29)30)9-20(14)24)31-13-22(28)27-11-15(2)26(10-16(27)3)12-17-4-6-18(25)7-5-17/h4-9,15-16H,10-13H2,1-3H3,(H,29,30). The van der Waals surface area contributed by atoms with E-state index in [0.29, 0.717) is 30.2 Å². The van der Waals surface area contributed by atoms with E-state index in [1.54, 1.807) is 24.0 Å². The van der Waals surface area contributed by atoms with Gasteiger partial charge in [0.05, 0.1) is 0 Å². The fraction of sp³-hybridized carbons (Fsp3) is 0.391. The van der Waals surface area contributed by atoms with Gasteiger partial charge < -0.3 is 14.7 Å². The number of ether oxygens (including phenoxy) is 1. The highest BCUT2D eigenvalue weighted by Gasteiger charge is 2.32. The van der Waals surface area contributed by atoms with Crippen molar-refractivity contribution < 1.29 is 23.8 Å². The highest BCUT2D eigenvalue weighted by Crippen LogP contribution is 2.27. The summed E-state index contributed by atoms with van der Waals surface area (Å²) in [5.74, 6) is -1.51. The third-order valence-electron chi connectivity index (χ3n) is 5.58. The van der Waals surface area contributed by atoms with Crippen molar-refractivity contribution >= 4 is 23.5 Å². The lowest BCUT2D eigenvalue weighted by molar-refractivity contribution is -0.139. The zero-order valence-corrected chi connectivity index (χ0v) is 18.5. The van der Waals surface area contributed by atoms with Crippen molar-refractivity contribution in [2.45, 2.75) is 39.4 Å².